The van der Waals surface area contributed by atoms with Crippen LogP contribution in [0.2, 0.25) is 0 Å². The zero-order valence-corrected chi connectivity index (χ0v) is 13.9. The molecule has 2 nitrogen and oxygen atoms in total. The fourth-order valence-corrected chi connectivity index (χ4v) is 2.85. The summed E-state index contributed by atoms with van der Waals surface area (Å²) in [6, 6.07) is 6.67. The normalized spacial score (nSPS) is 11.8. The molecule has 3 heteroatoms. The first kappa shape index (κ1) is 15.2. The van der Waals surface area contributed by atoms with E-state index in [1.165, 1.54) is 26.6 Å². The van der Waals surface area contributed by atoms with Crippen molar-refractivity contribution in [3.8, 4) is 0 Å². The van der Waals surface area contributed by atoms with Gasteiger partial charge in [0.1, 0.15) is 0 Å². The second-order valence-electron chi connectivity index (χ2n) is 6.42. The standard InChI is InChI=1S/C17H24N2S/c1-12-6-7-14(8-13(12)2)9-16-18-10-15(20-16)11-19-17(3,4)5/h6-8,10,19H,9,11H2,1-5H3. The maximum Gasteiger partial charge on any atom is 0.0972 e. The molecule has 2 aromatic rings. The van der Waals surface area contributed by atoms with Gasteiger partial charge in [-0.15, -0.1) is 11.3 Å². The minimum absolute atomic E-state index is 0.151. The van der Waals surface area contributed by atoms with Crippen molar-refractivity contribution in [2.45, 2.75) is 53.1 Å². The molecule has 0 spiro atoms. The molecule has 0 unspecified atom stereocenters. The van der Waals surface area contributed by atoms with Crippen LogP contribution in [-0.4, -0.2) is 10.5 Å². The molecule has 0 aliphatic carbocycles. The number of nitrogens with one attached hydrogen (secondary N) is 1. The highest BCUT2D eigenvalue weighted by Gasteiger charge is 2.10. The maximum atomic E-state index is 4.54. The van der Waals surface area contributed by atoms with Crippen LogP contribution < -0.4 is 5.32 Å². The minimum atomic E-state index is 0.151. The van der Waals surface area contributed by atoms with Crippen molar-refractivity contribution >= 4 is 11.3 Å². The summed E-state index contributed by atoms with van der Waals surface area (Å²) < 4.78 is 0. The lowest BCUT2D eigenvalue weighted by molar-refractivity contribution is 0.426. The molecule has 0 saturated carbocycles. The van der Waals surface area contributed by atoms with Gasteiger partial charge in [0.2, 0.25) is 0 Å². The van der Waals surface area contributed by atoms with Gasteiger partial charge < -0.3 is 5.32 Å². The fraction of sp³-hybridized carbons (Fsp3) is 0.471. The number of nitrogens with zero attached hydrogens (tertiary/aromatic N) is 1. The zero-order valence-electron chi connectivity index (χ0n) is 13.1. The predicted molar refractivity (Wildman–Crippen MR) is 87.4 cm³/mol. The van der Waals surface area contributed by atoms with Gasteiger partial charge in [0.25, 0.3) is 0 Å². The van der Waals surface area contributed by atoms with Crippen molar-refractivity contribution in [3.05, 3.63) is 51.0 Å². The van der Waals surface area contributed by atoms with Crippen LogP contribution in [0.5, 0.6) is 0 Å². The van der Waals surface area contributed by atoms with Gasteiger partial charge >= 0.3 is 0 Å². The molecule has 0 bridgehead atoms. The first-order valence-corrected chi connectivity index (χ1v) is 7.90. The second-order valence-corrected chi connectivity index (χ2v) is 7.62. The third-order valence-electron chi connectivity index (χ3n) is 3.32. The van der Waals surface area contributed by atoms with Crippen LogP contribution in [-0.2, 0) is 13.0 Å². The van der Waals surface area contributed by atoms with E-state index in [0.717, 1.165) is 13.0 Å². The van der Waals surface area contributed by atoms with Gasteiger partial charge in [-0.3, -0.25) is 0 Å². The number of aromatic nitrogens is 1. The van der Waals surface area contributed by atoms with E-state index < -0.39 is 0 Å². The summed E-state index contributed by atoms with van der Waals surface area (Å²) in [6.07, 6.45) is 2.93. The highest BCUT2D eigenvalue weighted by molar-refractivity contribution is 7.11. The Morgan fingerprint density at radius 2 is 1.90 bits per heavy atom. The van der Waals surface area contributed by atoms with Crippen LogP contribution in [0, 0.1) is 13.8 Å². The molecule has 0 aliphatic rings. The van der Waals surface area contributed by atoms with E-state index in [-0.39, 0.29) is 5.54 Å². The van der Waals surface area contributed by atoms with Crippen molar-refractivity contribution in [1.29, 1.82) is 0 Å². The number of thiazole rings is 1. The number of aryl methyl sites for hydroxylation is 2. The van der Waals surface area contributed by atoms with E-state index in [2.05, 4.69) is 63.1 Å². The Labute approximate surface area is 126 Å². The Morgan fingerprint density at radius 3 is 2.55 bits per heavy atom. The summed E-state index contributed by atoms with van der Waals surface area (Å²) >= 11 is 1.80. The summed E-state index contributed by atoms with van der Waals surface area (Å²) in [4.78, 5) is 5.85. The van der Waals surface area contributed by atoms with E-state index >= 15 is 0 Å². The van der Waals surface area contributed by atoms with Crippen LogP contribution >= 0.6 is 11.3 Å². The average molecular weight is 288 g/mol. The number of rotatable bonds is 4. The molecule has 1 aromatic heterocycles. The zero-order chi connectivity index (χ0) is 14.8. The third-order valence-corrected chi connectivity index (χ3v) is 4.32. The number of hydrogen-bond acceptors (Lipinski definition) is 3. The Kier molecular flexibility index (Phi) is 4.61. The summed E-state index contributed by atoms with van der Waals surface area (Å²) in [5.41, 5.74) is 4.20. The Balaban J connectivity index is 2.00. The van der Waals surface area contributed by atoms with Crippen molar-refractivity contribution in [2.75, 3.05) is 0 Å². The van der Waals surface area contributed by atoms with E-state index in [4.69, 9.17) is 0 Å². The van der Waals surface area contributed by atoms with Gasteiger partial charge in [-0.25, -0.2) is 4.98 Å². The SMILES string of the molecule is Cc1ccc(Cc2ncc(CNC(C)(C)C)s2)cc1C. The van der Waals surface area contributed by atoms with Gasteiger partial charge in [0, 0.05) is 29.6 Å². The second kappa shape index (κ2) is 6.06. The summed E-state index contributed by atoms with van der Waals surface area (Å²) in [5.74, 6) is 0. The lowest BCUT2D eigenvalue weighted by Gasteiger charge is -2.19. The highest BCUT2D eigenvalue weighted by Crippen LogP contribution is 2.19. The predicted octanol–water partition coefficient (Wildman–Crippen LogP) is 4.24. The first-order valence-electron chi connectivity index (χ1n) is 7.08. The van der Waals surface area contributed by atoms with Gasteiger partial charge in [0.15, 0.2) is 0 Å². The van der Waals surface area contributed by atoms with E-state index in [9.17, 15) is 0 Å². The van der Waals surface area contributed by atoms with E-state index in [1.807, 2.05) is 6.20 Å². The molecule has 20 heavy (non-hydrogen) atoms. The molecule has 0 fully saturated rings. The quantitative estimate of drug-likeness (QED) is 0.910. The monoisotopic (exact) mass is 288 g/mol. The third kappa shape index (κ3) is 4.43. The molecule has 2 rings (SSSR count). The average Bonchev–Trinajstić information content (AvgIpc) is 2.78. The van der Waals surface area contributed by atoms with Crippen LogP contribution in [0.3, 0.4) is 0 Å². The lowest BCUT2D eigenvalue weighted by atomic mass is 10.0. The molecule has 0 atom stereocenters. The smallest absolute Gasteiger partial charge is 0.0972 e. The van der Waals surface area contributed by atoms with Crippen molar-refractivity contribution in [1.82, 2.24) is 10.3 Å². The summed E-state index contributed by atoms with van der Waals surface area (Å²) in [5, 5.41) is 4.70. The molecule has 0 radical (unpaired) electrons. The van der Waals surface area contributed by atoms with Gasteiger partial charge in [0.05, 0.1) is 5.01 Å². The van der Waals surface area contributed by atoms with E-state index in [1.54, 1.807) is 11.3 Å². The van der Waals surface area contributed by atoms with Gasteiger partial charge in [-0.05, 0) is 51.3 Å². The fourth-order valence-electron chi connectivity index (χ4n) is 1.95. The molecule has 0 amide bonds. The maximum absolute atomic E-state index is 4.54. The summed E-state index contributed by atoms with van der Waals surface area (Å²) in [7, 11) is 0. The number of hydrogen-bond donors (Lipinski definition) is 1. The molecule has 1 aromatic carbocycles. The largest absolute Gasteiger partial charge is 0.307 e. The Morgan fingerprint density at radius 1 is 1.15 bits per heavy atom. The molecule has 0 aliphatic heterocycles. The molecular weight excluding hydrogens is 264 g/mol. The van der Waals surface area contributed by atoms with Gasteiger partial charge in [-0.1, -0.05) is 18.2 Å². The Bertz CT molecular complexity index is 579. The molecule has 108 valence electrons. The highest BCUT2D eigenvalue weighted by atomic mass is 32.1. The van der Waals surface area contributed by atoms with Crippen LogP contribution in [0.15, 0.2) is 24.4 Å². The van der Waals surface area contributed by atoms with Crippen molar-refractivity contribution < 1.29 is 0 Å². The van der Waals surface area contributed by atoms with E-state index in [0.29, 0.717) is 0 Å². The van der Waals surface area contributed by atoms with Crippen LogP contribution in [0.4, 0.5) is 0 Å². The topological polar surface area (TPSA) is 24.9 Å². The molecule has 1 N–H and O–H groups in total. The van der Waals surface area contributed by atoms with Crippen molar-refractivity contribution in [3.63, 3.8) is 0 Å². The minimum Gasteiger partial charge on any atom is -0.307 e. The first-order chi connectivity index (χ1) is 9.33. The van der Waals surface area contributed by atoms with Crippen molar-refractivity contribution in [2.24, 2.45) is 0 Å². The number of benzene rings is 1. The van der Waals surface area contributed by atoms with Gasteiger partial charge in [-0.2, -0.15) is 0 Å². The van der Waals surface area contributed by atoms with Crippen LogP contribution in [0.25, 0.3) is 0 Å². The van der Waals surface area contributed by atoms with Crippen LogP contribution in [0.1, 0.15) is 47.3 Å². The molecule has 1 heterocycles. The Hall–Kier alpha value is -1.19. The lowest BCUT2D eigenvalue weighted by Crippen LogP contribution is -2.34. The molecular formula is C17H24N2S. The summed E-state index contributed by atoms with van der Waals surface area (Å²) in [6.45, 7) is 11.8. The molecule has 0 saturated heterocycles.